The van der Waals surface area contributed by atoms with Gasteiger partial charge in [0, 0.05) is 10.7 Å². The quantitative estimate of drug-likeness (QED) is 0.644. The summed E-state index contributed by atoms with van der Waals surface area (Å²) in [5.41, 5.74) is 5.24. The molecular weight excluding hydrogens is 276 g/mol. The number of nitrogens with zero attached hydrogens (tertiary/aromatic N) is 1. The molecule has 0 aromatic heterocycles. The van der Waals surface area contributed by atoms with E-state index in [9.17, 15) is 4.79 Å². The maximum Gasteiger partial charge on any atom is 0.277 e. The van der Waals surface area contributed by atoms with E-state index in [4.69, 9.17) is 16.3 Å². The molecule has 1 aromatic rings. The zero-order valence-corrected chi connectivity index (χ0v) is 13.2. The monoisotopic (exact) mass is 296 g/mol. The molecule has 4 nitrogen and oxygen atoms in total. The fourth-order valence-corrected chi connectivity index (χ4v) is 1.86. The lowest BCUT2D eigenvalue weighted by Crippen LogP contribution is -2.25. The molecule has 0 saturated carbocycles. The van der Waals surface area contributed by atoms with Crippen LogP contribution in [-0.2, 0) is 4.79 Å². The highest BCUT2D eigenvalue weighted by atomic mass is 35.5. The summed E-state index contributed by atoms with van der Waals surface area (Å²) in [4.78, 5) is 11.6. The molecule has 0 aliphatic heterocycles. The van der Waals surface area contributed by atoms with Gasteiger partial charge < -0.3 is 4.74 Å². The Balaban J connectivity index is 2.51. The van der Waals surface area contributed by atoms with E-state index < -0.39 is 0 Å². The Labute approximate surface area is 125 Å². The minimum atomic E-state index is -0.272. The van der Waals surface area contributed by atoms with Crippen LogP contribution in [0.3, 0.4) is 0 Å². The topological polar surface area (TPSA) is 50.7 Å². The Morgan fingerprint density at radius 3 is 2.50 bits per heavy atom. The largest absolute Gasteiger partial charge is 0.484 e. The molecular formula is C15H21ClN2O2. The predicted molar refractivity (Wildman–Crippen MR) is 82.6 cm³/mol. The van der Waals surface area contributed by atoms with E-state index in [-0.39, 0.29) is 12.5 Å². The third-order valence-electron chi connectivity index (χ3n) is 2.76. The van der Waals surface area contributed by atoms with Gasteiger partial charge in [0.05, 0.1) is 0 Å². The van der Waals surface area contributed by atoms with Crippen molar-refractivity contribution < 1.29 is 9.53 Å². The Hall–Kier alpha value is -1.55. The van der Waals surface area contributed by atoms with Crippen LogP contribution in [0.15, 0.2) is 17.2 Å². The average molecular weight is 297 g/mol. The van der Waals surface area contributed by atoms with E-state index in [1.807, 2.05) is 32.9 Å². The van der Waals surface area contributed by atoms with Gasteiger partial charge in [0.25, 0.3) is 5.91 Å². The van der Waals surface area contributed by atoms with Crippen molar-refractivity contribution in [3.8, 4) is 5.75 Å². The number of nitrogens with one attached hydrogen (secondary N) is 1. The van der Waals surface area contributed by atoms with Crippen LogP contribution in [0.2, 0.25) is 5.02 Å². The smallest absolute Gasteiger partial charge is 0.277 e. The van der Waals surface area contributed by atoms with E-state index >= 15 is 0 Å². The molecule has 110 valence electrons. The summed E-state index contributed by atoms with van der Waals surface area (Å²) in [6.45, 7) is 7.69. The molecule has 0 aliphatic rings. The zero-order valence-electron chi connectivity index (χ0n) is 12.4. The predicted octanol–water partition coefficient (Wildman–Crippen LogP) is 3.63. The van der Waals surface area contributed by atoms with Crippen molar-refractivity contribution in [2.24, 2.45) is 5.10 Å². The number of amides is 1. The van der Waals surface area contributed by atoms with E-state index in [1.165, 1.54) is 0 Å². The second-order valence-electron chi connectivity index (χ2n) is 4.79. The normalized spacial score (nSPS) is 11.3. The van der Waals surface area contributed by atoms with Crippen molar-refractivity contribution >= 4 is 23.2 Å². The Kier molecular flexibility index (Phi) is 6.52. The van der Waals surface area contributed by atoms with Gasteiger partial charge in [-0.2, -0.15) is 5.10 Å². The van der Waals surface area contributed by atoms with Crippen molar-refractivity contribution in [2.45, 2.75) is 40.5 Å². The van der Waals surface area contributed by atoms with Crippen LogP contribution < -0.4 is 10.2 Å². The van der Waals surface area contributed by atoms with Gasteiger partial charge in [0.15, 0.2) is 6.61 Å². The van der Waals surface area contributed by atoms with Crippen LogP contribution in [0.5, 0.6) is 5.75 Å². The first kappa shape index (κ1) is 16.5. The number of hydrazone groups is 1. The molecule has 1 N–H and O–H groups in total. The van der Waals surface area contributed by atoms with Gasteiger partial charge in [-0.3, -0.25) is 4.79 Å². The van der Waals surface area contributed by atoms with Crippen LogP contribution in [0, 0.1) is 13.8 Å². The fraction of sp³-hybridized carbons (Fsp3) is 0.467. The van der Waals surface area contributed by atoms with Crippen molar-refractivity contribution in [2.75, 3.05) is 6.61 Å². The van der Waals surface area contributed by atoms with Crippen LogP contribution in [0.25, 0.3) is 0 Å². The summed E-state index contributed by atoms with van der Waals surface area (Å²) in [7, 11) is 0. The van der Waals surface area contributed by atoms with Gasteiger partial charge in [-0.1, -0.05) is 24.9 Å². The lowest BCUT2D eigenvalue weighted by molar-refractivity contribution is -0.123. The van der Waals surface area contributed by atoms with Crippen molar-refractivity contribution in [1.82, 2.24) is 5.43 Å². The number of hydrogen-bond donors (Lipinski definition) is 1. The number of hydrogen-bond acceptors (Lipinski definition) is 3. The summed E-state index contributed by atoms with van der Waals surface area (Å²) in [6.07, 6.45) is 1.88. The first-order valence-electron chi connectivity index (χ1n) is 6.65. The second-order valence-corrected chi connectivity index (χ2v) is 5.17. The van der Waals surface area contributed by atoms with Crippen molar-refractivity contribution in [1.29, 1.82) is 0 Å². The summed E-state index contributed by atoms with van der Waals surface area (Å²) in [5.74, 6) is 0.361. The summed E-state index contributed by atoms with van der Waals surface area (Å²) < 4.78 is 5.44. The molecule has 0 atom stereocenters. The molecule has 0 radical (unpaired) electrons. The van der Waals surface area contributed by atoms with E-state index in [0.29, 0.717) is 5.75 Å². The molecule has 0 fully saturated rings. The molecule has 1 aromatic carbocycles. The van der Waals surface area contributed by atoms with Gasteiger partial charge >= 0.3 is 0 Å². The van der Waals surface area contributed by atoms with Crippen LogP contribution in [0.1, 0.15) is 37.8 Å². The number of aryl methyl sites for hydroxylation is 2. The molecule has 1 amide bonds. The zero-order chi connectivity index (χ0) is 15.1. The number of ether oxygens (including phenoxy) is 1. The highest BCUT2D eigenvalue weighted by Crippen LogP contribution is 2.25. The van der Waals surface area contributed by atoms with Crippen molar-refractivity contribution in [3.05, 3.63) is 28.3 Å². The summed E-state index contributed by atoms with van der Waals surface area (Å²) in [6, 6.07) is 3.63. The SMILES string of the molecule is CCC/C(C)=N/NC(=O)COc1cc(C)c(Cl)c(C)c1. The maximum absolute atomic E-state index is 11.6. The first-order chi connectivity index (χ1) is 9.43. The lowest BCUT2D eigenvalue weighted by atomic mass is 10.1. The Morgan fingerprint density at radius 1 is 1.35 bits per heavy atom. The Bertz CT molecular complexity index is 490. The number of rotatable bonds is 6. The minimum absolute atomic E-state index is 0.0661. The molecule has 0 saturated heterocycles. The van der Waals surface area contributed by atoms with Gasteiger partial charge in [0.2, 0.25) is 0 Å². The number of carbonyl (C=O) groups excluding carboxylic acids is 1. The van der Waals surface area contributed by atoms with Crippen LogP contribution >= 0.6 is 11.6 Å². The number of halogens is 1. The molecule has 0 spiro atoms. The summed E-state index contributed by atoms with van der Waals surface area (Å²) in [5, 5.41) is 4.72. The lowest BCUT2D eigenvalue weighted by Gasteiger charge is -2.09. The maximum atomic E-state index is 11.6. The molecule has 20 heavy (non-hydrogen) atoms. The second kappa shape index (κ2) is 7.90. The Morgan fingerprint density at radius 2 is 1.95 bits per heavy atom. The molecule has 0 heterocycles. The number of carbonyl (C=O) groups is 1. The standard InChI is InChI=1S/C15H21ClN2O2/c1-5-6-12(4)17-18-14(19)9-20-13-7-10(2)15(16)11(3)8-13/h7-8H,5-6,9H2,1-4H3,(H,18,19)/b17-12+. The minimum Gasteiger partial charge on any atom is -0.484 e. The van der Waals surface area contributed by atoms with E-state index in [0.717, 1.165) is 34.7 Å². The van der Waals surface area contributed by atoms with Crippen molar-refractivity contribution in [3.63, 3.8) is 0 Å². The number of benzene rings is 1. The van der Waals surface area contributed by atoms with Gasteiger partial charge in [-0.25, -0.2) is 5.43 Å². The molecule has 0 bridgehead atoms. The molecule has 5 heteroatoms. The fourth-order valence-electron chi connectivity index (χ4n) is 1.75. The highest BCUT2D eigenvalue weighted by Gasteiger charge is 2.06. The van der Waals surface area contributed by atoms with Gasteiger partial charge in [-0.15, -0.1) is 0 Å². The molecule has 0 unspecified atom stereocenters. The summed E-state index contributed by atoms with van der Waals surface area (Å²) >= 11 is 6.07. The van der Waals surface area contributed by atoms with Gasteiger partial charge in [-0.05, 0) is 50.5 Å². The molecule has 1 rings (SSSR count). The third-order valence-corrected chi connectivity index (χ3v) is 3.36. The average Bonchev–Trinajstić information content (AvgIpc) is 2.40. The van der Waals surface area contributed by atoms with Gasteiger partial charge in [0.1, 0.15) is 5.75 Å². The highest BCUT2D eigenvalue weighted by molar-refractivity contribution is 6.32. The third kappa shape index (κ3) is 5.21. The van der Waals surface area contributed by atoms with Crippen LogP contribution in [0.4, 0.5) is 0 Å². The molecule has 0 aliphatic carbocycles. The first-order valence-corrected chi connectivity index (χ1v) is 7.03. The van der Waals surface area contributed by atoms with E-state index in [2.05, 4.69) is 17.5 Å². The van der Waals surface area contributed by atoms with Crippen LogP contribution in [-0.4, -0.2) is 18.2 Å². The van der Waals surface area contributed by atoms with E-state index in [1.54, 1.807) is 0 Å².